The van der Waals surface area contributed by atoms with Crippen LogP contribution in [-0.2, 0) is 6.54 Å². The van der Waals surface area contributed by atoms with E-state index in [9.17, 15) is 0 Å². The summed E-state index contributed by atoms with van der Waals surface area (Å²) in [6.07, 6.45) is 1.63. The van der Waals surface area contributed by atoms with E-state index in [1.165, 1.54) is 0 Å². The van der Waals surface area contributed by atoms with Gasteiger partial charge in [-0.15, -0.1) is 0 Å². The Balaban J connectivity index is 2.07. The fourth-order valence-corrected chi connectivity index (χ4v) is 2.34. The number of nitrogens with zero attached hydrogens (tertiary/aromatic N) is 1. The number of hydrogen-bond acceptors (Lipinski definition) is 3. The molecule has 0 fully saturated rings. The Morgan fingerprint density at radius 2 is 2.14 bits per heavy atom. The smallest absolute Gasteiger partial charge is 0.219 e. The van der Waals surface area contributed by atoms with Gasteiger partial charge in [-0.05, 0) is 36.2 Å². The predicted octanol–water partition coefficient (Wildman–Crippen LogP) is 5.04. The summed E-state index contributed by atoms with van der Waals surface area (Å²) in [6, 6.07) is 9.52. The Labute approximate surface area is 138 Å². The topological polar surface area (TPSA) is 34.1 Å². The van der Waals surface area contributed by atoms with Crippen LogP contribution in [0.2, 0.25) is 5.02 Å². The molecule has 1 N–H and O–H groups in total. The molecule has 1 aromatic carbocycles. The number of benzene rings is 1. The molecule has 0 saturated carbocycles. The second-order valence-corrected chi connectivity index (χ2v) is 6.52. The first-order chi connectivity index (χ1) is 10.0. The summed E-state index contributed by atoms with van der Waals surface area (Å²) in [7, 11) is 0. The van der Waals surface area contributed by atoms with E-state index in [2.05, 4.69) is 40.1 Å². The van der Waals surface area contributed by atoms with Gasteiger partial charge in [0.1, 0.15) is 5.75 Å². The van der Waals surface area contributed by atoms with Crippen LogP contribution in [0.25, 0.3) is 0 Å². The molecular formula is C16H18BrClN2O. The van der Waals surface area contributed by atoms with E-state index < -0.39 is 0 Å². The van der Waals surface area contributed by atoms with Crippen molar-refractivity contribution in [2.75, 3.05) is 6.54 Å². The maximum atomic E-state index is 6.17. The molecule has 0 aliphatic heterocycles. The summed E-state index contributed by atoms with van der Waals surface area (Å²) in [5.74, 6) is 1.88. The lowest BCUT2D eigenvalue weighted by Gasteiger charge is -2.11. The van der Waals surface area contributed by atoms with Crippen molar-refractivity contribution in [3.63, 3.8) is 0 Å². The van der Waals surface area contributed by atoms with Gasteiger partial charge in [-0.25, -0.2) is 4.98 Å². The Kier molecular flexibility index (Phi) is 6.03. The van der Waals surface area contributed by atoms with Crippen LogP contribution in [0.5, 0.6) is 11.6 Å². The average molecular weight is 370 g/mol. The molecule has 112 valence electrons. The SMILES string of the molecule is CC(C)CNCc1cc(Oc2cccc(Br)c2)ncc1Cl. The molecule has 0 radical (unpaired) electrons. The van der Waals surface area contributed by atoms with Crippen molar-refractivity contribution < 1.29 is 4.74 Å². The van der Waals surface area contributed by atoms with Crippen molar-refractivity contribution in [2.45, 2.75) is 20.4 Å². The van der Waals surface area contributed by atoms with Crippen LogP contribution in [0, 0.1) is 5.92 Å². The number of rotatable bonds is 6. The minimum atomic E-state index is 0.541. The van der Waals surface area contributed by atoms with Crippen molar-refractivity contribution in [1.29, 1.82) is 0 Å². The largest absolute Gasteiger partial charge is 0.439 e. The summed E-state index contributed by atoms with van der Waals surface area (Å²) >= 11 is 9.59. The Hall–Kier alpha value is -1.10. The fraction of sp³-hybridized carbons (Fsp3) is 0.312. The first-order valence-electron chi connectivity index (χ1n) is 6.83. The Morgan fingerprint density at radius 3 is 2.86 bits per heavy atom. The Bertz CT molecular complexity index is 605. The monoisotopic (exact) mass is 368 g/mol. The molecule has 0 aliphatic carbocycles. The van der Waals surface area contributed by atoms with Crippen LogP contribution in [0.15, 0.2) is 41.0 Å². The van der Waals surface area contributed by atoms with E-state index in [1.54, 1.807) is 6.20 Å². The molecule has 1 aromatic heterocycles. The molecule has 0 saturated heterocycles. The predicted molar refractivity (Wildman–Crippen MR) is 90.0 cm³/mol. The molecule has 0 unspecified atom stereocenters. The minimum absolute atomic E-state index is 0.541. The highest BCUT2D eigenvalue weighted by atomic mass is 79.9. The summed E-state index contributed by atoms with van der Waals surface area (Å²) < 4.78 is 6.72. The van der Waals surface area contributed by atoms with E-state index >= 15 is 0 Å². The molecule has 0 aliphatic rings. The third kappa shape index (κ3) is 5.30. The number of aromatic nitrogens is 1. The molecule has 0 atom stereocenters. The molecule has 3 nitrogen and oxygen atoms in total. The van der Waals surface area contributed by atoms with Crippen LogP contribution in [-0.4, -0.2) is 11.5 Å². The second-order valence-electron chi connectivity index (χ2n) is 5.20. The summed E-state index contributed by atoms with van der Waals surface area (Å²) in [5, 5.41) is 4.01. The van der Waals surface area contributed by atoms with Gasteiger partial charge in [0, 0.05) is 23.3 Å². The lowest BCUT2D eigenvalue weighted by atomic mass is 10.2. The van der Waals surface area contributed by atoms with Gasteiger partial charge < -0.3 is 10.1 Å². The highest BCUT2D eigenvalue weighted by molar-refractivity contribution is 9.10. The first-order valence-corrected chi connectivity index (χ1v) is 8.00. The molecule has 21 heavy (non-hydrogen) atoms. The zero-order chi connectivity index (χ0) is 15.2. The zero-order valence-corrected chi connectivity index (χ0v) is 14.4. The van der Waals surface area contributed by atoms with E-state index in [1.807, 2.05) is 30.3 Å². The van der Waals surface area contributed by atoms with Gasteiger partial charge >= 0.3 is 0 Å². The van der Waals surface area contributed by atoms with Crippen LogP contribution in [0.3, 0.4) is 0 Å². The highest BCUT2D eigenvalue weighted by Gasteiger charge is 2.06. The van der Waals surface area contributed by atoms with Gasteiger partial charge in [0.25, 0.3) is 0 Å². The lowest BCUT2D eigenvalue weighted by molar-refractivity contribution is 0.461. The van der Waals surface area contributed by atoms with Crippen LogP contribution >= 0.6 is 27.5 Å². The maximum absolute atomic E-state index is 6.17. The van der Waals surface area contributed by atoms with Crippen molar-refractivity contribution >= 4 is 27.5 Å². The van der Waals surface area contributed by atoms with Gasteiger partial charge in [0.05, 0.1) is 5.02 Å². The van der Waals surface area contributed by atoms with E-state index in [0.717, 1.165) is 22.3 Å². The Morgan fingerprint density at radius 1 is 1.33 bits per heavy atom. The highest BCUT2D eigenvalue weighted by Crippen LogP contribution is 2.25. The molecule has 2 aromatic rings. The normalized spacial score (nSPS) is 10.9. The average Bonchev–Trinajstić information content (AvgIpc) is 2.42. The fourth-order valence-electron chi connectivity index (χ4n) is 1.80. The van der Waals surface area contributed by atoms with E-state index in [-0.39, 0.29) is 0 Å². The standard InChI is InChI=1S/C16H18BrClN2O/c1-11(2)8-19-9-12-6-16(20-10-15(12)18)21-14-5-3-4-13(17)7-14/h3-7,10-11,19H,8-9H2,1-2H3. The van der Waals surface area contributed by atoms with Gasteiger partial charge in [0.15, 0.2) is 0 Å². The van der Waals surface area contributed by atoms with E-state index in [4.69, 9.17) is 16.3 Å². The van der Waals surface area contributed by atoms with Crippen LogP contribution in [0.1, 0.15) is 19.4 Å². The van der Waals surface area contributed by atoms with Gasteiger partial charge in [0.2, 0.25) is 5.88 Å². The molecule has 0 spiro atoms. The van der Waals surface area contributed by atoms with E-state index in [0.29, 0.717) is 23.4 Å². The third-order valence-electron chi connectivity index (χ3n) is 2.80. The molecule has 2 rings (SSSR count). The van der Waals surface area contributed by atoms with Crippen molar-refractivity contribution in [3.05, 3.63) is 51.6 Å². The summed E-state index contributed by atoms with van der Waals surface area (Å²) in [6.45, 7) is 5.99. The number of nitrogens with one attached hydrogen (secondary N) is 1. The number of hydrogen-bond donors (Lipinski definition) is 1. The number of pyridine rings is 1. The van der Waals surface area contributed by atoms with Crippen LogP contribution < -0.4 is 10.1 Å². The van der Waals surface area contributed by atoms with Gasteiger partial charge in [-0.3, -0.25) is 0 Å². The third-order valence-corrected chi connectivity index (χ3v) is 3.63. The molecule has 5 heteroatoms. The van der Waals surface area contributed by atoms with Crippen molar-refractivity contribution in [1.82, 2.24) is 10.3 Å². The molecular weight excluding hydrogens is 352 g/mol. The summed E-state index contributed by atoms with van der Waals surface area (Å²) in [5.41, 5.74) is 0.984. The quantitative estimate of drug-likeness (QED) is 0.775. The minimum Gasteiger partial charge on any atom is -0.439 e. The summed E-state index contributed by atoms with van der Waals surface area (Å²) in [4.78, 5) is 4.21. The van der Waals surface area contributed by atoms with Gasteiger partial charge in [-0.1, -0.05) is 47.4 Å². The molecule has 1 heterocycles. The second kappa shape index (κ2) is 7.78. The van der Waals surface area contributed by atoms with Gasteiger partial charge in [-0.2, -0.15) is 0 Å². The molecule has 0 amide bonds. The zero-order valence-electron chi connectivity index (χ0n) is 12.1. The first kappa shape index (κ1) is 16.3. The number of ether oxygens (including phenoxy) is 1. The van der Waals surface area contributed by atoms with Crippen molar-refractivity contribution in [2.24, 2.45) is 5.92 Å². The number of halogens is 2. The lowest BCUT2D eigenvalue weighted by Crippen LogP contribution is -2.19. The maximum Gasteiger partial charge on any atom is 0.219 e. The van der Waals surface area contributed by atoms with Crippen molar-refractivity contribution in [3.8, 4) is 11.6 Å². The van der Waals surface area contributed by atoms with Crippen LogP contribution in [0.4, 0.5) is 0 Å². The molecule has 0 bridgehead atoms.